The van der Waals surface area contributed by atoms with Crippen LogP contribution >= 0.6 is 39.1 Å². The van der Waals surface area contributed by atoms with Crippen LogP contribution in [0.4, 0.5) is 5.69 Å². The summed E-state index contributed by atoms with van der Waals surface area (Å²) in [5.41, 5.74) is 5.70. The molecule has 2 rings (SSSR count). The fourth-order valence-electron chi connectivity index (χ4n) is 1.66. The standard InChI is InChI=1S/C12H11BrCl2N2O3S/c1-17(6-7-2-5-10(13)20-7)21(18,19)9-4-3-8(14)12(16)11(9)15/h2-5H,6,16H2,1H3. The van der Waals surface area contributed by atoms with Crippen LogP contribution in [0.25, 0.3) is 0 Å². The maximum absolute atomic E-state index is 12.5. The number of benzene rings is 1. The summed E-state index contributed by atoms with van der Waals surface area (Å²) < 4.78 is 32.0. The van der Waals surface area contributed by atoms with Gasteiger partial charge in [-0.1, -0.05) is 23.2 Å². The molecule has 0 fully saturated rings. The minimum absolute atomic E-state index is 0.0357. The molecule has 0 saturated heterocycles. The van der Waals surface area contributed by atoms with Crippen molar-refractivity contribution < 1.29 is 12.8 Å². The Balaban J connectivity index is 2.35. The second-order valence-corrected chi connectivity index (χ2v) is 7.82. The quantitative estimate of drug-likeness (QED) is 0.774. The Kier molecular flexibility index (Phi) is 4.89. The van der Waals surface area contributed by atoms with Crippen molar-refractivity contribution in [3.05, 3.63) is 44.7 Å². The molecule has 5 nitrogen and oxygen atoms in total. The first-order chi connectivity index (χ1) is 9.73. The van der Waals surface area contributed by atoms with Gasteiger partial charge >= 0.3 is 0 Å². The summed E-state index contributed by atoms with van der Waals surface area (Å²) in [7, 11) is -2.39. The van der Waals surface area contributed by atoms with Crippen LogP contribution in [-0.4, -0.2) is 19.8 Å². The largest absolute Gasteiger partial charge is 0.453 e. The smallest absolute Gasteiger partial charge is 0.244 e. The molecule has 114 valence electrons. The van der Waals surface area contributed by atoms with Crippen molar-refractivity contribution in [2.75, 3.05) is 12.8 Å². The predicted octanol–water partition coefficient (Wildman–Crippen LogP) is 3.75. The Morgan fingerprint density at radius 2 is 1.95 bits per heavy atom. The minimum Gasteiger partial charge on any atom is -0.453 e. The van der Waals surface area contributed by atoms with E-state index >= 15 is 0 Å². The zero-order valence-electron chi connectivity index (χ0n) is 10.8. The fourth-order valence-corrected chi connectivity index (χ4v) is 3.87. The normalized spacial score (nSPS) is 12.0. The summed E-state index contributed by atoms with van der Waals surface area (Å²) in [5.74, 6) is 0.492. The number of hydrogen-bond acceptors (Lipinski definition) is 4. The van der Waals surface area contributed by atoms with Crippen molar-refractivity contribution in [2.24, 2.45) is 0 Å². The van der Waals surface area contributed by atoms with E-state index in [2.05, 4.69) is 15.9 Å². The predicted molar refractivity (Wildman–Crippen MR) is 85.9 cm³/mol. The molecule has 0 bridgehead atoms. The molecular weight excluding hydrogens is 403 g/mol. The van der Waals surface area contributed by atoms with E-state index in [1.807, 2.05) is 0 Å². The van der Waals surface area contributed by atoms with Gasteiger partial charge in [-0.15, -0.1) is 0 Å². The third kappa shape index (κ3) is 3.37. The van der Waals surface area contributed by atoms with E-state index in [-0.39, 0.29) is 27.2 Å². The number of halogens is 3. The number of nitrogens with two attached hydrogens (primary N) is 1. The molecule has 0 unspecified atom stereocenters. The maximum atomic E-state index is 12.5. The van der Waals surface area contributed by atoms with E-state index in [9.17, 15) is 8.42 Å². The van der Waals surface area contributed by atoms with Crippen LogP contribution in [0.15, 0.2) is 38.2 Å². The van der Waals surface area contributed by atoms with Crippen LogP contribution in [0.3, 0.4) is 0 Å². The Bertz CT molecular complexity index is 777. The lowest BCUT2D eigenvalue weighted by Crippen LogP contribution is -2.26. The maximum Gasteiger partial charge on any atom is 0.244 e. The highest BCUT2D eigenvalue weighted by molar-refractivity contribution is 9.10. The molecule has 0 radical (unpaired) electrons. The molecular formula is C12H11BrCl2N2O3S. The second-order valence-electron chi connectivity index (χ2n) is 4.24. The summed E-state index contributed by atoms with van der Waals surface area (Å²) >= 11 is 15.0. The average Bonchev–Trinajstić information content (AvgIpc) is 2.81. The zero-order chi connectivity index (χ0) is 15.8. The van der Waals surface area contributed by atoms with Gasteiger partial charge < -0.3 is 10.2 Å². The van der Waals surface area contributed by atoms with Gasteiger partial charge in [0.25, 0.3) is 0 Å². The van der Waals surface area contributed by atoms with Crippen molar-refractivity contribution in [1.82, 2.24) is 4.31 Å². The van der Waals surface area contributed by atoms with Gasteiger partial charge in [-0.3, -0.25) is 0 Å². The molecule has 0 atom stereocenters. The van der Waals surface area contributed by atoms with Gasteiger partial charge in [-0.25, -0.2) is 8.42 Å². The van der Waals surface area contributed by atoms with Gasteiger partial charge in [-0.05, 0) is 40.2 Å². The molecule has 1 aromatic heterocycles. The van der Waals surface area contributed by atoms with E-state index < -0.39 is 10.0 Å². The highest BCUT2D eigenvalue weighted by atomic mass is 79.9. The molecule has 1 aromatic carbocycles. The van der Waals surface area contributed by atoms with Crippen molar-refractivity contribution in [3.63, 3.8) is 0 Å². The molecule has 0 aliphatic heterocycles. The summed E-state index contributed by atoms with van der Waals surface area (Å²) in [6, 6.07) is 6.08. The Hall–Kier alpha value is -0.730. The lowest BCUT2D eigenvalue weighted by molar-refractivity contribution is 0.398. The summed E-state index contributed by atoms with van der Waals surface area (Å²) in [4.78, 5) is -0.0980. The minimum atomic E-state index is -3.81. The first-order valence-electron chi connectivity index (χ1n) is 5.67. The molecule has 0 saturated carbocycles. The number of hydrogen-bond donors (Lipinski definition) is 1. The first kappa shape index (κ1) is 16.6. The molecule has 0 amide bonds. The van der Waals surface area contributed by atoms with Crippen molar-refractivity contribution in [1.29, 1.82) is 0 Å². The summed E-state index contributed by atoms with van der Waals surface area (Å²) in [5, 5.41) is 0.117. The first-order valence-corrected chi connectivity index (χ1v) is 8.66. The molecule has 0 aliphatic carbocycles. The Morgan fingerprint density at radius 3 is 2.52 bits per heavy atom. The Morgan fingerprint density at radius 1 is 1.29 bits per heavy atom. The molecule has 21 heavy (non-hydrogen) atoms. The molecule has 1 heterocycles. The van der Waals surface area contributed by atoms with Crippen LogP contribution in [0.1, 0.15) is 5.76 Å². The van der Waals surface area contributed by atoms with Gasteiger partial charge in [0, 0.05) is 7.05 Å². The number of nitrogen functional groups attached to an aromatic ring is 1. The van der Waals surface area contributed by atoms with E-state index in [0.717, 1.165) is 4.31 Å². The van der Waals surface area contributed by atoms with Crippen molar-refractivity contribution in [2.45, 2.75) is 11.4 Å². The van der Waals surface area contributed by atoms with Crippen LogP contribution in [0.2, 0.25) is 10.0 Å². The van der Waals surface area contributed by atoms with E-state index in [4.69, 9.17) is 33.4 Å². The molecule has 2 N–H and O–H groups in total. The van der Waals surface area contributed by atoms with Crippen LogP contribution in [0.5, 0.6) is 0 Å². The van der Waals surface area contributed by atoms with Crippen LogP contribution < -0.4 is 5.73 Å². The Labute approximate surface area is 140 Å². The number of nitrogens with zero attached hydrogens (tertiary/aromatic N) is 1. The van der Waals surface area contributed by atoms with Gasteiger partial charge in [0.1, 0.15) is 10.7 Å². The molecule has 2 aromatic rings. The third-order valence-corrected chi connectivity index (χ3v) is 5.91. The molecule has 9 heteroatoms. The van der Waals surface area contributed by atoms with Crippen LogP contribution in [0, 0.1) is 0 Å². The lowest BCUT2D eigenvalue weighted by atomic mass is 10.3. The number of rotatable bonds is 4. The lowest BCUT2D eigenvalue weighted by Gasteiger charge is -2.17. The summed E-state index contributed by atoms with van der Waals surface area (Å²) in [6.45, 7) is 0.0623. The van der Waals surface area contributed by atoms with E-state index in [1.54, 1.807) is 12.1 Å². The molecule has 0 aliphatic rings. The van der Waals surface area contributed by atoms with Gasteiger partial charge in [0.2, 0.25) is 10.0 Å². The number of furan rings is 1. The van der Waals surface area contributed by atoms with Crippen LogP contribution in [-0.2, 0) is 16.6 Å². The zero-order valence-corrected chi connectivity index (χ0v) is 14.7. The topological polar surface area (TPSA) is 76.5 Å². The summed E-state index contributed by atoms with van der Waals surface area (Å²) in [6.07, 6.45) is 0. The highest BCUT2D eigenvalue weighted by Gasteiger charge is 2.26. The molecule has 0 spiro atoms. The SMILES string of the molecule is CN(Cc1ccc(Br)o1)S(=O)(=O)c1ccc(Cl)c(N)c1Cl. The number of sulfonamides is 1. The fraction of sp³-hybridized carbons (Fsp3) is 0.167. The van der Waals surface area contributed by atoms with E-state index in [0.29, 0.717) is 10.4 Å². The monoisotopic (exact) mass is 412 g/mol. The van der Waals surface area contributed by atoms with Crippen molar-refractivity contribution >= 4 is 54.8 Å². The highest BCUT2D eigenvalue weighted by Crippen LogP contribution is 2.34. The number of anilines is 1. The van der Waals surface area contributed by atoms with Gasteiger partial charge in [-0.2, -0.15) is 4.31 Å². The third-order valence-electron chi connectivity index (χ3n) is 2.79. The second kappa shape index (κ2) is 6.18. The van der Waals surface area contributed by atoms with Gasteiger partial charge in [0.15, 0.2) is 4.67 Å². The van der Waals surface area contributed by atoms with Crippen molar-refractivity contribution in [3.8, 4) is 0 Å². The van der Waals surface area contributed by atoms with E-state index in [1.165, 1.54) is 19.2 Å². The average molecular weight is 414 g/mol. The van der Waals surface area contributed by atoms with Gasteiger partial charge in [0.05, 0.1) is 22.3 Å².